The van der Waals surface area contributed by atoms with Crippen LogP contribution in [0.5, 0.6) is 5.75 Å². The maximum absolute atomic E-state index is 13.5. The predicted molar refractivity (Wildman–Crippen MR) is 120 cm³/mol. The number of halogens is 1. The Kier molecular flexibility index (Phi) is 5.86. The molecule has 150 valence electrons. The number of fused-ring (bicyclic) bond motifs is 1. The fourth-order valence-corrected chi connectivity index (χ4v) is 3.88. The highest BCUT2D eigenvalue weighted by molar-refractivity contribution is 14.1. The summed E-state index contributed by atoms with van der Waals surface area (Å²) in [6.45, 7) is 3.59. The first-order chi connectivity index (χ1) is 14.1. The van der Waals surface area contributed by atoms with Gasteiger partial charge in [-0.15, -0.1) is 0 Å². The first-order valence-corrected chi connectivity index (χ1v) is 10.6. The van der Waals surface area contributed by atoms with E-state index in [1.54, 1.807) is 11.8 Å². The number of carbonyl (C=O) groups excluding carboxylic acids is 1. The Labute approximate surface area is 183 Å². The lowest BCUT2D eigenvalue weighted by atomic mass is 10.0. The third kappa shape index (κ3) is 3.89. The summed E-state index contributed by atoms with van der Waals surface area (Å²) < 4.78 is 13.7. The number of carbonyl (C=O) groups is 1. The Morgan fingerprint density at radius 1 is 1.07 bits per heavy atom. The predicted octanol–water partition coefficient (Wildman–Crippen LogP) is 4.22. The van der Waals surface area contributed by atoms with Gasteiger partial charge >= 0.3 is 0 Å². The highest BCUT2D eigenvalue weighted by atomic mass is 127. The van der Waals surface area contributed by atoms with Gasteiger partial charge in [-0.25, -0.2) is 4.68 Å². The number of anilines is 1. The molecule has 3 aromatic rings. The van der Waals surface area contributed by atoms with Crippen LogP contribution < -0.4 is 9.64 Å². The number of rotatable bonds is 6. The quantitative estimate of drug-likeness (QED) is 0.473. The SMILES string of the molecule is CCOCc1nn(-c2ccc(OC)cc2)c2c1CCN(c1ccc(I)cc1)C2=O. The van der Waals surface area contributed by atoms with E-state index >= 15 is 0 Å². The second-order valence-corrected chi connectivity index (χ2v) is 7.95. The standard InChI is InChI=1S/C22H22IN3O3/c1-3-29-14-20-19-12-13-25(16-6-4-15(23)5-7-16)22(27)21(19)26(24-20)17-8-10-18(28-2)11-9-17/h4-11H,3,12-14H2,1-2H3. The summed E-state index contributed by atoms with van der Waals surface area (Å²) in [7, 11) is 1.63. The highest BCUT2D eigenvalue weighted by Gasteiger charge is 2.33. The van der Waals surface area contributed by atoms with Gasteiger partial charge in [-0.3, -0.25) is 4.79 Å². The fraction of sp³-hybridized carbons (Fsp3) is 0.273. The van der Waals surface area contributed by atoms with Gasteiger partial charge in [0.15, 0.2) is 0 Å². The second-order valence-electron chi connectivity index (χ2n) is 6.70. The first-order valence-electron chi connectivity index (χ1n) is 9.52. The molecule has 1 aromatic heterocycles. The van der Waals surface area contributed by atoms with E-state index in [0.717, 1.165) is 38.4 Å². The van der Waals surface area contributed by atoms with Crippen LogP contribution in [0.25, 0.3) is 5.69 Å². The summed E-state index contributed by atoms with van der Waals surface area (Å²) in [6.07, 6.45) is 0.742. The Balaban J connectivity index is 1.78. The minimum Gasteiger partial charge on any atom is -0.497 e. The normalized spacial score (nSPS) is 13.5. The van der Waals surface area contributed by atoms with Gasteiger partial charge in [-0.05, 0) is 84.5 Å². The fourth-order valence-electron chi connectivity index (χ4n) is 3.52. The molecule has 0 N–H and O–H groups in total. The number of benzene rings is 2. The van der Waals surface area contributed by atoms with Crippen molar-refractivity contribution < 1.29 is 14.3 Å². The van der Waals surface area contributed by atoms with Crippen LogP contribution in [0.15, 0.2) is 48.5 Å². The van der Waals surface area contributed by atoms with Crippen molar-refractivity contribution in [3.63, 3.8) is 0 Å². The Hall–Kier alpha value is -2.39. The molecule has 4 rings (SSSR count). The van der Waals surface area contributed by atoms with Gasteiger partial charge in [0.1, 0.15) is 11.4 Å². The molecule has 0 radical (unpaired) electrons. The summed E-state index contributed by atoms with van der Waals surface area (Å²) >= 11 is 2.27. The van der Waals surface area contributed by atoms with Crippen molar-refractivity contribution in [3.05, 3.63) is 69.1 Å². The largest absolute Gasteiger partial charge is 0.497 e. The molecule has 1 amide bonds. The molecule has 0 spiro atoms. The number of amides is 1. The van der Waals surface area contributed by atoms with Crippen LogP contribution in [0.3, 0.4) is 0 Å². The number of hydrogen-bond acceptors (Lipinski definition) is 4. The smallest absolute Gasteiger partial charge is 0.277 e. The third-order valence-electron chi connectivity index (χ3n) is 5.00. The number of ether oxygens (including phenoxy) is 2. The van der Waals surface area contributed by atoms with Crippen molar-refractivity contribution in [2.24, 2.45) is 0 Å². The van der Waals surface area contributed by atoms with Crippen molar-refractivity contribution in [3.8, 4) is 11.4 Å². The van der Waals surface area contributed by atoms with E-state index < -0.39 is 0 Å². The lowest BCUT2D eigenvalue weighted by Gasteiger charge is -2.28. The summed E-state index contributed by atoms with van der Waals surface area (Å²) in [6, 6.07) is 15.6. The number of nitrogens with zero attached hydrogens (tertiary/aromatic N) is 3. The van der Waals surface area contributed by atoms with E-state index in [-0.39, 0.29) is 5.91 Å². The van der Waals surface area contributed by atoms with Crippen molar-refractivity contribution >= 4 is 34.2 Å². The molecule has 0 aliphatic carbocycles. The van der Waals surface area contributed by atoms with E-state index in [0.29, 0.717) is 25.5 Å². The van der Waals surface area contributed by atoms with Crippen molar-refractivity contribution in [2.75, 3.05) is 25.2 Å². The Morgan fingerprint density at radius 3 is 2.41 bits per heavy atom. The highest BCUT2D eigenvalue weighted by Crippen LogP contribution is 2.30. The Morgan fingerprint density at radius 2 is 1.76 bits per heavy atom. The lowest BCUT2D eigenvalue weighted by Crippen LogP contribution is -2.38. The molecule has 0 fully saturated rings. The average Bonchev–Trinajstić information content (AvgIpc) is 3.13. The molecule has 0 bridgehead atoms. The van der Waals surface area contributed by atoms with Gasteiger partial charge in [0, 0.05) is 28.0 Å². The number of methoxy groups -OCH3 is 1. The monoisotopic (exact) mass is 503 g/mol. The summed E-state index contributed by atoms with van der Waals surface area (Å²) in [5.74, 6) is 0.717. The van der Waals surface area contributed by atoms with Gasteiger partial charge < -0.3 is 14.4 Å². The summed E-state index contributed by atoms with van der Waals surface area (Å²) in [4.78, 5) is 15.3. The summed E-state index contributed by atoms with van der Waals surface area (Å²) in [5.41, 5.74) is 4.13. The van der Waals surface area contributed by atoms with E-state index in [1.165, 1.54) is 0 Å². The third-order valence-corrected chi connectivity index (χ3v) is 5.72. The minimum absolute atomic E-state index is 0.0430. The molecule has 29 heavy (non-hydrogen) atoms. The van der Waals surface area contributed by atoms with E-state index in [1.807, 2.05) is 60.4 Å². The van der Waals surface area contributed by atoms with Crippen LogP contribution in [0.2, 0.25) is 0 Å². The van der Waals surface area contributed by atoms with E-state index in [4.69, 9.17) is 14.6 Å². The van der Waals surface area contributed by atoms with Crippen molar-refractivity contribution in [1.29, 1.82) is 0 Å². The molecule has 1 aliphatic heterocycles. The Bertz CT molecular complexity index is 1010. The van der Waals surface area contributed by atoms with Crippen LogP contribution >= 0.6 is 22.6 Å². The zero-order valence-electron chi connectivity index (χ0n) is 16.4. The van der Waals surface area contributed by atoms with E-state index in [2.05, 4.69) is 22.6 Å². The maximum atomic E-state index is 13.5. The maximum Gasteiger partial charge on any atom is 0.277 e. The first kappa shape index (κ1) is 19.9. The van der Waals surface area contributed by atoms with E-state index in [9.17, 15) is 4.79 Å². The van der Waals surface area contributed by atoms with Gasteiger partial charge in [-0.1, -0.05) is 0 Å². The molecule has 0 unspecified atom stereocenters. The van der Waals surface area contributed by atoms with Gasteiger partial charge in [0.2, 0.25) is 0 Å². The van der Waals surface area contributed by atoms with Crippen LogP contribution in [0.1, 0.15) is 28.7 Å². The van der Waals surface area contributed by atoms with Gasteiger partial charge in [-0.2, -0.15) is 5.10 Å². The zero-order valence-corrected chi connectivity index (χ0v) is 18.5. The van der Waals surface area contributed by atoms with Crippen molar-refractivity contribution in [2.45, 2.75) is 20.0 Å². The molecular formula is C22H22IN3O3. The van der Waals surface area contributed by atoms with Gasteiger partial charge in [0.25, 0.3) is 5.91 Å². The molecule has 2 aromatic carbocycles. The zero-order chi connectivity index (χ0) is 20.4. The molecular weight excluding hydrogens is 481 g/mol. The number of hydrogen-bond donors (Lipinski definition) is 0. The van der Waals surface area contributed by atoms with Crippen LogP contribution in [-0.4, -0.2) is 35.9 Å². The van der Waals surface area contributed by atoms with Crippen LogP contribution in [-0.2, 0) is 17.8 Å². The van der Waals surface area contributed by atoms with Crippen LogP contribution in [0, 0.1) is 3.57 Å². The average molecular weight is 503 g/mol. The molecule has 7 heteroatoms. The minimum atomic E-state index is -0.0430. The van der Waals surface area contributed by atoms with Crippen LogP contribution in [0.4, 0.5) is 5.69 Å². The van der Waals surface area contributed by atoms with Gasteiger partial charge in [0.05, 0.1) is 25.1 Å². The summed E-state index contributed by atoms with van der Waals surface area (Å²) in [5, 5.41) is 4.75. The second kappa shape index (κ2) is 8.54. The lowest BCUT2D eigenvalue weighted by molar-refractivity contribution is 0.0973. The number of aromatic nitrogens is 2. The van der Waals surface area contributed by atoms with Crippen molar-refractivity contribution in [1.82, 2.24) is 9.78 Å². The molecule has 0 saturated heterocycles. The molecule has 0 saturated carbocycles. The topological polar surface area (TPSA) is 56.6 Å². The molecule has 2 heterocycles. The molecule has 1 aliphatic rings. The molecule has 6 nitrogen and oxygen atoms in total. The molecule has 0 atom stereocenters.